The summed E-state index contributed by atoms with van der Waals surface area (Å²) in [6.07, 6.45) is 0. The van der Waals surface area contributed by atoms with Crippen LogP contribution in [-0.4, -0.2) is 35.9 Å². The minimum atomic E-state index is 1.08. The third-order valence-corrected chi connectivity index (χ3v) is 3.46. The average Bonchev–Trinajstić information content (AvgIpc) is 2.19. The van der Waals surface area contributed by atoms with Gasteiger partial charge < -0.3 is 0 Å². The summed E-state index contributed by atoms with van der Waals surface area (Å²) in [6.45, 7) is 2.04. The van der Waals surface area contributed by atoms with Crippen LogP contribution in [0.3, 0.4) is 0 Å². The van der Waals surface area contributed by atoms with Crippen LogP contribution in [0.4, 0.5) is 5.69 Å². The van der Waals surface area contributed by atoms with Crippen molar-refractivity contribution in [3.05, 3.63) is 30.0 Å². The molecular formula is C12H15AsN2. The van der Waals surface area contributed by atoms with Gasteiger partial charge >= 0.3 is 98.7 Å². The van der Waals surface area contributed by atoms with E-state index >= 15 is 0 Å². The molecule has 0 bridgehead atoms. The van der Waals surface area contributed by atoms with Gasteiger partial charge in [-0.25, -0.2) is 0 Å². The van der Waals surface area contributed by atoms with Crippen LogP contribution in [0.1, 0.15) is 5.69 Å². The molecule has 0 aliphatic rings. The van der Waals surface area contributed by atoms with Gasteiger partial charge in [0.1, 0.15) is 0 Å². The predicted octanol–water partition coefficient (Wildman–Crippen LogP) is 0.868. The molecule has 0 aliphatic heterocycles. The topological polar surface area (TPSA) is 16.1 Å². The van der Waals surface area contributed by atoms with Crippen LogP contribution in [0.5, 0.6) is 0 Å². The maximum atomic E-state index is 4.61. The molecular weight excluding hydrogens is 247 g/mol. The molecule has 15 heavy (non-hydrogen) atoms. The number of rotatable bonds is 1. The molecule has 1 aromatic carbocycles. The molecule has 2 aromatic rings. The Labute approximate surface area is 98.8 Å². The van der Waals surface area contributed by atoms with Crippen LogP contribution >= 0.6 is 0 Å². The molecule has 0 amide bonds. The van der Waals surface area contributed by atoms with Gasteiger partial charge in [-0.15, -0.1) is 0 Å². The third-order valence-electron chi connectivity index (χ3n) is 2.49. The molecule has 0 radical (unpaired) electrons. The molecule has 1 aromatic heterocycles. The summed E-state index contributed by atoms with van der Waals surface area (Å²) < 4.78 is 1.30. The average molecular weight is 262 g/mol. The van der Waals surface area contributed by atoms with Crippen LogP contribution in [0.25, 0.3) is 10.9 Å². The Morgan fingerprint density at radius 3 is 2.53 bits per heavy atom. The summed E-state index contributed by atoms with van der Waals surface area (Å²) in [5, 5.41) is 1.24. The van der Waals surface area contributed by atoms with Crippen LogP contribution in [0.2, 0.25) is 0 Å². The van der Waals surface area contributed by atoms with Crippen molar-refractivity contribution in [3.63, 3.8) is 0 Å². The van der Waals surface area contributed by atoms with Gasteiger partial charge in [0.15, 0.2) is 0 Å². The molecule has 1 unspecified atom stereocenters. The molecule has 0 saturated heterocycles. The van der Waals surface area contributed by atoms with Crippen molar-refractivity contribution in [2.24, 2.45) is 0 Å². The number of fused-ring (bicyclic) bond motifs is 1. The Morgan fingerprint density at radius 2 is 1.87 bits per heavy atom. The molecule has 78 valence electrons. The fourth-order valence-electron chi connectivity index (χ4n) is 1.71. The Morgan fingerprint density at radius 1 is 1.13 bits per heavy atom. The zero-order valence-electron chi connectivity index (χ0n) is 9.28. The molecule has 0 saturated carbocycles. The normalized spacial score (nSPS) is 10.7. The summed E-state index contributed by atoms with van der Waals surface area (Å²) >= 11 is 1.63. The summed E-state index contributed by atoms with van der Waals surface area (Å²) in [6, 6.07) is 8.55. The van der Waals surface area contributed by atoms with Gasteiger partial charge in [-0.05, 0) is 0 Å². The van der Waals surface area contributed by atoms with Crippen molar-refractivity contribution in [1.29, 1.82) is 0 Å². The number of aryl methyl sites for hydroxylation is 1. The van der Waals surface area contributed by atoms with E-state index in [0.29, 0.717) is 0 Å². The van der Waals surface area contributed by atoms with Crippen LogP contribution in [0.15, 0.2) is 24.3 Å². The molecule has 0 spiro atoms. The van der Waals surface area contributed by atoms with E-state index in [1.54, 1.807) is 16.9 Å². The number of anilines is 1. The van der Waals surface area contributed by atoms with Crippen LogP contribution < -0.4 is 9.25 Å². The fourth-order valence-corrected chi connectivity index (χ4v) is 2.37. The van der Waals surface area contributed by atoms with E-state index in [1.807, 2.05) is 6.92 Å². The Kier molecular flexibility index (Phi) is 2.70. The number of nitrogens with zero attached hydrogens (tertiary/aromatic N) is 2. The molecule has 3 heteroatoms. The quantitative estimate of drug-likeness (QED) is 0.709. The monoisotopic (exact) mass is 262 g/mol. The molecule has 2 nitrogen and oxygen atoms in total. The molecule has 0 fully saturated rings. The van der Waals surface area contributed by atoms with E-state index in [4.69, 9.17) is 0 Å². The van der Waals surface area contributed by atoms with E-state index < -0.39 is 0 Å². The number of hydrogen-bond donors (Lipinski definition) is 0. The first-order valence-electron chi connectivity index (χ1n) is 4.93. The van der Waals surface area contributed by atoms with Gasteiger partial charge in [-0.2, -0.15) is 0 Å². The van der Waals surface area contributed by atoms with Gasteiger partial charge in [-0.3, -0.25) is 0 Å². The van der Waals surface area contributed by atoms with Crippen molar-refractivity contribution in [2.75, 3.05) is 19.0 Å². The fraction of sp³-hybridized carbons (Fsp3) is 0.250. The van der Waals surface area contributed by atoms with Crippen molar-refractivity contribution in [2.45, 2.75) is 6.92 Å². The predicted molar refractivity (Wildman–Crippen MR) is 69.0 cm³/mol. The van der Waals surface area contributed by atoms with Gasteiger partial charge in [0, 0.05) is 0 Å². The van der Waals surface area contributed by atoms with Crippen molar-refractivity contribution in [3.8, 4) is 0 Å². The first kappa shape index (κ1) is 10.5. The van der Waals surface area contributed by atoms with Gasteiger partial charge in [0.2, 0.25) is 0 Å². The standard InChI is InChI=1S/C12H15AsN2/c1-8-4-5-9-11(15(2)3)7-6-10(13)12(9)14-8/h4-7H,13H2,1-3H3. The number of pyridine rings is 1. The molecule has 2 rings (SSSR count). The molecule has 0 aliphatic carbocycles. The molecule has 0 N–H and O–H groups in total. The van der Waals surface area contributed by atoms with E-state index in [9.17, 15) is 0 Å². The summed E-state index contributed by atoms with van der Waals surface area (Å²) in [4.78, 5) is 6.74. The Hall–Kier alpha value is -1.01. The number of aromatic nitrogens is 1. The Bertz CT molecular complexity index is 506. The second-order valence-electron chi connectivity index (χ2n) is 3.92. The third kappa shape index (κ3) is 1.87. The van der Waals surface area contributed by atoms with Crippen LogP contribution in [-0.2, 0) is 0 Å². The van der Waals surface area contributed by atoms with Crippen molar-refractivity contribution >= 4 is 37.8 Å². The first-order chi connectivity index (χ1) is 7.09. The van der Waals surface area contributed by atoms with E-state index in [1.165, 1.54) is 15.4 Å². The first-order valence-corrected chi connectivity index (χ1v) is 6.14. The Balaban J connectivity index is 2.82. The zero-order valence-corrected chi connectivity index (χ0v) is 11.7. The van der Waals surface area contributed by atoms with Crippen molar-refractivity contribution < 1.29 is 0 Å². The zero-order chi connectivity index (χ0) is 11.0. The van der Waals surface area contributed by atoms with E-state index in [2.05, 4.69) is 48.2 Å². The second kappa shape index (κ2) is 3.86. The SMILES string of the molecule is Cc1ccc2c(N(C)C)ccc([AsH2])c2n1. The molecule has 1 heterocycles. The number of hydrogen-bond acceptors (Lipinski definition) is 2. The van der Waals surface area contributed by atoms with Gasteiger partial charge in [0.05, 0.1) is 0 Å². The van der Waals surface area contributed by atoms with Gasteiger partial charge in [0.25, 0.3) is 0 Å². The van der Waals surface area contributed by atoms with E-state index in [0.717, 1.165) is 11.2 Å². The van der Waals surface area contributed by atoms with Crippen molar-refractivity contribution in [1.82, 2.24) is 4.98 Å². The summed E-state index contributed by atoms with van der Waals surface area (Å²) in [5.74, 6) is 0. The molecule has 1 atom stereocenters. The number of benzene rings is 1. The van der Waals surface area contributed by atoms with Crippen LogP contribution in [0, 0.1) is 6.92 Å². The van der Waals surface area contributed by atoms with Gasteiger partial charge in [-0.1, -0.05) is 0 Å². The van der Waals surface area contributed by atoms with E-state index in [-0.39, 0.29) is 0 Å². The summed E-state index contributed by atoms with van der Waals surface area (Å²) in [5.41, 5.74) is 3.46. The maximum absolute atomic E-state index is 4.61. The minimum absolute atomic E-state index is 1.08. The summed E-state index contributed by atoms with van der Waals surface area (Å²) in [7, 11) is 4.13. The second-order valence-corrected chi connectivity index (χ2v) is 5.22.